The maximum absolute atomic E-state index is 13.3. The van der Waals surface area contributed by atoms with E-state index in [1.165, 1.54) is 18.3 Å². The van der Waals surface area contributed by atoms with Crippen LogP contribution in [-0.2, 0) is 14.8 Å². The number of carbonyl (C=O) groups excluding carboxylic acids is 1. The molecule has 7 nitrogen and oxygen atoms in total. The van der Waals surface area contributed by atoms with Crippen LogP contribution < -0.4 is 9.73 Å². The first-order chi connectivity index (χ1) is 15.8. The number of hydrogen-bond donors (Lipinski definition) is 1. The van der Waals surface area contributed by atoms with Gasteiger partial charge in [-0.25, -0.2) is 13.8 Å². The van der Waals surface area contributed by atoms with Gasteiger partial charge in [0.1, 0.15) is 6.54 Å². The van der Waals surface area contributed by atoms with Crippen molar-refractivity contribution in [3.05, 3.63) is 95.6 Å². The lowest BCUT2D eigenvalue weighted by atomic mass is 10.0. The van der Waals surface area contributed by atoms with E-state index in [1.807, 2.05) is 32.0 Å². The Bertz CT molecular complexity index is 1260. The number of amides is 1. The van der Waals surface area contributed by atoms with Gasteiger partial charge in [-0.2, -0.15) is 10.4 Å². The Kier molecular flexibility index (Phi) is 7.59. The summed E-state index contributed by atoms with van der Waals surface area (Å²) in [7, 11) is -3.98. The van der Waals surface area contributed by atoms with E-state index < -0.39 is 22.5 Å². The molecule has 3 aromatic carbocycles. The molecule has 33 heavy (non-hydrogen) atoms. The van der Waals surface area contributed by atoms with Gasteiger partial charge in [-0.15, -0.1) is 0 Å². The second-order valence-corrected chi connectivity index (χ2v) is 9.46. The molecule has 1 N–H and O–H groups in total. The highest BCUT2D eigenvalue weighted by Crippen LogP contribution is 2.25. The minimum Gasteiger partial charge on any atom is -0.271 e. The summed E-state index contributed by atoms with van der Waals surface area (Å²) in [5, 5.41) is 12.8. The first kappa shape index (κ1) is 23.7. The third-order valence-corrected chi connectivity index (χ3v) is 6.70. The van der Waals surface area contributed by atoms with Crippen molar-refractivity contribution in [1.29, 1.82) is 5.26 Å². The molecule has 0 saturated carbocycles. The average Bonchev–Trinajstić information content (AvgIpc) is 2.83. The van der Waals surface area contributed by atoms with Crippen molar-refractivity contribution >= 4 is 27.8 Å². The lowest BCUT2D eigenvalue weighted by Gasteiger charge is -2.24. The number of carbonyl (C=O) groups is 1. The Hall–Kier alpha value is -3.96. The first-order valence-corrected chi connectivity index (χ1v) is 11.7. The van der Waals surface area contributed by atoms with Crippen molar-refractivity contribution in [2.24, 2.45) is 5.10 Å². The molecule has 0 bridgehead atoms. The van der Waals surface area contributed by atoms with Crippen molar-refractivity contribution in [2.45, 2.75) is 24.7 Å². The van der Waals surface area contributed by atoms with E-state index in [-0.39, 0.29) is 10.8 Å². The van der Waals surface area contributed by atoms with E-state index in [9.17, 15) is 13.2 Å². The van der Waals surface area contributed by atoms with Crippen LogP contribution in [0.15, 0.2) is 88.9 Å². The topological polar surface area (TPSA) is 103 Å². The Morgan fingerprint density at radius 1 is 1.03 bits per heavy atom. The molecule has 0 aliphatic heterocycles. The molecule has 0 radical (unpaired) electrons. The summed E-state index contributed by atoms with van der Waals surface area (Å²) >= 11 is 0. The van der Waals surface area contributed by atoms with Gasteiger partial charge in [-0.1, -0.05) is 56.3 Å². The first-order valence-electron chi connectivity index (χ1n) is 10.3. The van der Waals surface area contributed by atoms with Crippen LogP contribution in [0.5, 0.6) is 0 Å². The number of nitrogens with one attached hydrogen (secondary N) is 1. The molecule has 0 aromatic heterocycles. The monoisotopic (exact) mass is 460 g/mol. The molecule has 1 amide bonds. The second kappa shape index (κ2) is 10.6. The summed E-state index contributed by atoms with van der Waals surface area (Å²) < 4.78 is 27.7. The zero-order chi connectivity index (χ0) is 23.8. The third kappa shape index (κ3) is 6.05. The molecule has 3 rings (SSSR count). The van der Waals surface area contributed by atoms with Crippen molar-refractivity contribution in [3.63, 3.8) is 0 Å². The van der Waals surface area contributed by atoms with Crippen LogP contribution >= 0.6 is 0 Å². The molecular formula is C25H24N4O3S. The zero-order valence-electron chi connectivity index (χ0n) is 18.3. The minimum atomic E-state index is -3.98. The van der Waals surface area contributed by atoms with Crippen LogP contribution in [0.2, 0.25) is 0 Å². The van der Waals surface area contributed by atoms with Gasteiger partial charge in [0.05, 0.1) is 28.4 Å². The van der Waals surface area contributed by atoms with E-state index >= 15 is 0 Å². The number of nitrogens with zero attached hydrogens (tertiary/aromatic N) is 3. The Balaban J connectivity index is 1.82. The van der Waals surface area contributed by atoms with Crippen LogP contribution in [0.4, 0.5) is 5.69 Å². The van der Waals surface area contributed by atoms with E-state index in [2.05, 4.69) is 10.5 Å². The predicted octanol–water partition coefficient (Wildman–Crippen LogP) is 4.03. The standard InChI is InChI=1S/C25H24N4O3S/c1-19(2)22-12-14-23(15-13-22)29(33(31,32)24-6-4-3-5-7-24)18-25(30)28-27-17-21-10-8-20(16-26)9-11-21/h3-15,17,19H,18H2,1-2H3,(H,28,30)/b27-17-. The maximum atomic E-state index is 13.3. The molecule has 0 atom stereocenters. The highest BCUT2D eigenvalue weighted by Gasteiger charge is 2.27. The lowest BCUT2D eigenvalue weighted by molar-refractivity contribution is -0.119. The number of sulfonamides is 1. The summed E-state index contributed by atoms with van der Waals surface area (Å²) in [4.78, 5) is 12.7. The van der Waals surface area contributed by atoms with Gasteiger partial charge in [-0.05, 0) is 53.4 Å². The molecule has 0 heterocycles. The van der Waals surface area contributed by atoms with Gasteiger partial charge in [0, 0.05) is 0 Å². The minimum absolute atomic E-state index is 0.0896. The average molecular weight is 461 g/mol. The molecule has 0 aliphatic rings. The molecule has 0 saturated heterocycles. The SMILES string of the molecule is CC(C)c1ccc(N(CC(=O)N/N=C\c2ccc(C#N)cc2)S(=O)(=O)c2ccccc2)cc1. The number of anilines is 1. The molecule has 0 spiro atoms. The maximum Gasteiger partial charge on any atom is 0.264 e. The normalized spacial score (nSPS) is 11.3. The molecule has 0 fully saturated rings. The van der Waals surface area contributed by atoms with E-state index in [1.54, 1.807) is 54.6 Å². The second-order valence-electron chi connectivity index (χ2n) is 7.60. The van der Waals surface area contributed by atoms with Crippen LogP contribution in [0.1, 0.15) is 36.5 Å². The van der Waals surface area contributed by atoms with E-state index in [0.29, 0.717) is 16.8 Å². The lowest BCUT2D eigenvalue weighted by Crippen LogP contribution is -2.39. The molecular weight excluding hydrogens is 436 g/mol. The van der Waals surface area contributed by atoms with E-state index in [0.717, 1.165) is 9.87 Å². The molecule has 0 unspecified atom stereocenters. The quantitative estimate of drug-likeness (QED) is 0.405. The fourth-order valence-electron chi connectivity index (χ4n) is 3.05. The highest BCUT2D eigenvalue weighted by atomic mass is 32.2. The van der Waals surface area contributed by atoms with Crippen molar-refractivity contribution in [3.8, 4) is 6.07 Å². The van der Waals surface area contributed by atoms with Crippen LogP contribution in [0.3, 0.4) is 0 Å². The fourth-order valence-corrected chi connectivity index (χ4v) is 4.49. The molecule has 3 aromatic rings. The summed E-state index contributed by atoms with van der Waals surface area (Å²) in [5.41, 5.74) is 5.02. The molecule has 8 heteroatoms. The van der Waals surface area contributed by atoms with Gasteiger partial charge < -0.3 is 0 Å². The van der Waals surface area contributed by atoms with Crippen LogP contribution in [0.25, 0.3) is 0 Å². The summed E-state index contributed by atoms with van der Waals surface area (Å²) in [5.74, 6) is -0.301. The van der Waals surface area contributed by atoms with E-state index in [4.69, 9.17) is 5.26 Å². The van der Waals surface area contributed by atoms with Crippen LogP contribution in [-0.4, -0.2) is 27.1 Å². The van der Waals surface area contributed by atoms with Gasteiger partial charge in [0.15, 0.2) is 0 Å². The summed E-state index contributed by atoms with van der Waals surface area (Å²) in [6.45, 7) is 3.66. The smallest absolute Gasteiger partial charge is 0.264 e. The summed E-state index contributed by atoms with van der Waals surface area (Å²) in [6.07, 6.45) is 1.42. The van der Waals surface area contributed by atoms with Gasteiger partial charge >= 0.3 is 0 Å². The summed E-state index contributed by atoms with van der Waals surface area (Å²) in [6, 6.07) is 23.8. The number of hydrazone groups is 1. The largest absolute Gasteiger partial charge is 0.271 e. The fraction of sp³-hybridized carbons (Fsp3) is 0.160. The van der Waals surface area contributed by atoms with Crippen molar-refractivity contribution in [2.75, 3.05) is 10.8 Å². The Morgan fingerprint density at radius 2 is 1.67 bits per heavy atom. The van der Waals surface area contributed by atoms with Crippen LogP contribution in [0, 0.1) is 11.3 Å². The van der Waals surface area contributed by atoms with Gasteiger partial charge in [-0.3, -0.25) is 9.10 Å². The highest BCUT2D eigenvalue weighted by molar-refractivity contribution is 7.92. The Labute approximate surface area is 194 Å². The number of benzene rings is 3. The third-order valence-electron chi connectivity index (χ3n) is 4.91. The number of hydrogen-bond acceptors (Lipinski definition) is 5. The van der Waals surface area contributed by atoms with Gasteiger partial charge in [0.25, 0.3) is 15.9 Å². The van der Waals surface area contributed by atoms with Crippen molar-refractivity contribution in [1.82, 2.24) is 5.43 Å². The Morgan fingerprint density at radius 3 is 2.24 bits per heavy atom. The molecule has 0 aliphatic carbocycles. The predicted molar refractivity (Wildman–Crippen MR) is 128 cm³/mol. The number of rotatable bonds is 8. The number of nitriles is 1. The zero-order valence-corrected chi connectivity index (χ0v) is 19.2. The molecule has 168 valence electrons. The van der Waals surface area contributed by atoms with Gasteiger partial charge in [0.2, 0.25) is 0 Å². The van der Waals surface area contributed by atoms with Crippen molar-refractivity contribution < 1.29 is 13.2 Å².